The van der Waals surface area contributed by atoms with E-state index >= 15 is 0 Å². The maximum Gasteiger partial charge on any atom is 0.263 e. The Bertz CT molecular complexity index is 1170. The summed E-state index contributed by atoms with van der Waals surface area (Å²) in [6.07, 6.45) is 1.67. The number of nitrogens with zero attached hydrogens (tertiary/aromatic N) is 2. The topological polar surface area (TPSA) is 84.0 Å². The summed E-state index contributed by atoms with van der Waals surface area (Å²) in [6.45, 7) is 12.0. The van der Waals surface area contributed by atoms with E-state index in [2.05, 4.69) is 26.6 Å². The fourth-order valence-corrected chi connectivity index (χ4v) is 4.18. The van der Waals surface area contributed by atoms with Gasteiger partial charge in [-0.25, -0.2) is 18.4 Å². The summed E-state index contributed by atoms with van der Waals surface area (Å²) in [5, 5.41) is 3.06. The molecule has 0 fully saturated rings. The molecule has 0 radical (unpaired) electrons. The minimum absolute atomic E-state index is 0.158. The van der Waals surface area contributed by atoms with Gasteiger partial charge in [-0.1, -0.05) is 51.1 Å². The van der Waals surface area contributed by atoms with Crippen LogP contribution in [0.15, 0.2) is 60.0 Å². The first-order valence-electron chi connectivity index (χ1n) is 9.37. The van der Waals surface area contributed by atoms with E-state index in [9.17, 15) is 8.42 Å². The predicted molar refractivity (Wildman–Crippen MR) is 119 cm³/mol. The second kappa shape index (κ2) is 7.83. The van der Waals surface area contributed by atoms with Crippen molar-refractivity contribution < 1.29 is 8.42 Å². The van der Waals surface area contributed by atoms with Crippen LogP contribution in [0.2, 0.25) is 0 Å². The van der Waals surface area contributed by atoms with Crippen molar-refractivity contribution in [1.82, 2.24) is 9.97 Å². The minimum atomic E-state index is -3.86. The number of aryl methyl sites for hydroxylation is 1. The molecule has 3 rings (SSSR count). The molecule has 0 spiro atoms. The Morgan fingerprint density at radius 1 is 1.03 bits per heavy atom. The lowest BCUT2D eigenvalue weighted by molar-refractivity contribution is 0.584. The summed E-state index contributed by atoms with van der Waals surface area (Å²) < 4.78 is 29.1. The molecule has 2 N–H and O–H groups in total. The number of anilines is 2. The number of nitrogens with one attached hydrogen (secondary N) is 2. The summed E-state index contributed by atoms with van der Waals surface area (Å²) in [7, 11) is -3.86. The third-order valence-corrected chi connectivity index (χ3v) is 6.04. The van der Waals surface area contributed by atoms with Gasteiger partial charge in [0.25, 0.3) is 10.0 Å². The molecule has 1 aromatic heterocycles. The zero-order valence-electron chi connectivity index (χ0n) is 17.2. The van der Waals surface area contributed by atoms with Crippen LogP contribution in [0, 0.1) is 6.92 Å². The monoisotopic (exact) mass is 410 g/mol. The van der Waals surface area contributed by atoms with Gasteiger partial charge < -0.3 is 5.32 Å². The summed E-state index contributed by atoms with van der Waals surface area (Å²) in [5.74, 6) is 0.517. The van der Waals surface area contributed by atoms with Crippen molar-refractivity contribution in [2.45, 2.75) is 38.0 Å². The van der Waals surface area contributed by atoms with Gasteiger partial charge in [-0.3, -0.25) is 4.72 Å². The molecule has 7 heteroatoms. The molecule has 0 aliphatic rings. The Hall–Kier alpha value is -2.93. The molecular formula is C22H26N4O2S. The highest BCUT2D eigenvalue weighted by atomic mass is 32.2. The summed E-state index contributed by atoms with van der Waals surface area (Å²) in [6, 6.07) is 12.8. The van der Waals surface area contributed by atoms with Gasteiger partial charge in [0.1, 0.15) is 0 Å². The number of benzene rings is 2. The molecular weight excluding hydrogens is 384 g/mol. The molecule has 0 aliphatic heterocycles. The average Bonchev–Trinajstić information content (AvgIpc) is 2.65. The Morgan fingerprint density at radius 2 is 1.66 bits per heavy atom. The Kier molecular flexibility index (Phi) is 5.61. The molecule has 6 nitrogen and oxygen atoms in total. The molecule has 0 bridgehead atoms. The number of rotatable bonds is 6. The molecule has 0 amide bonds. The maximum atomic E-state index is 13.2. The van der Waals surface area contributed by atoms with E-state index in [1.165, 1.54) is 0 Å². The smallest absolute Gasteiger partial charge is 0.263 e. The average molecular weight is 411 g/mol. The van der Waals surface area contributed by atoms with Gasteiger partial charge in [0, 0.05) is 6.54 Å². The van der Waals surface area contributed by atoms with E-state index in [4.69, 9.17) is 0 Å². The first kappa shape index (κ1) is 20.8. The number of aromatic nitrogens is 2. The first-order chi connectivity index (χ1) is 13.6. The third kappa shape index (κ3) is 4.56. The zero-order valence-corrected chi connectivity index (χ0v) is 18.0. The molecule has 0 atom stereocenters. The SMILES string of the molecule is C=CCNc1nc2ccccc2nc1NS(=O)(=O)c1cc(C(C)(C)C)ccc1C. The number of hydrogen-bond donors (Lipinski definition) is 2. The fraction of sp³-hybridized carbons (Fsp3) is 0.273. The third-order valence-electron chi connectivity index (χ3n) is 4.56. The number of sulfonamides is 1. The van der Waals surface area contributed by atoms with Gasteiger partial charge >= 0.3 is 0 Å². The molecule has 0 saturated carbocycles. The highest BCUT2D eigenvalue weighted by Crippen LogP contribution is 2.29. The number of fused-ring (bicyclic) bond motifs is 1. The van der Waals surface area contributed by atoms with Crippen molar-refractivity contribution in [1.29, 1.82) is 0 Å². The number of hydrogen-bond acceptors (Lipinski definition) is 5. The van der Waals surface area contributed by atoms with E-state index < -0.39 is 10.0 Å². The summed E-state index contributed by atoms with van der Waals surface area (Å²) in [5.41, 5.74) is 2.72. The van der Waals surface area contributed by atoms with Crippen molar-refractivity contribution in [3.05, 3.63) is 66.2 Å². The van der Waals surface area contributed by atoms with Crippen molar-refractivity contribution in [3.63, 3.8) is 0 Å². The first-order valence-corrected chi connectivity index (χ1v) is 10.9. The van der Waals surface area contributed by atoms with Gasteiger partial charge in [0.05, 0.1) is 15.9 Å². The van der Waals surface area contributed by atoms with E-state index in [1.54, 1.807) is 25.1 Å². The van der Waals surface area contributed by atoms with Crippen LogP contribution in [0.25, 0.3) is 11.0 Å². The van der Waals surface area contributed by atoms with Crippen LogP contribution in [0.4, 0.5) is 11.6 Å². The molecule has 1 heterocycles. The van der Waals surface area contributed by atoms with Crippen LogP contribution in [0.1, 0.15) is 31.9 Å². The normalized spacial score (nSPS) is 12.0. The van der Waals surface area contributed by atoms with Crippen LogP contribution in [0.5, 0.6) is 0 Å². The highest BCUT2D eigenvalue weighted by molar-refractivity contribution is 7.92. The number of para-hydroxylation sites is 2. The van der Waals surface area contributed by atoms with Gasteiger partial charge in [-0.2, -0.15) is 0 Å². The van der Waals surface area contributed by atoms with Crippen LogP contribution in [-0.2, 0) is 15.4 Å². The fourth-order valence-electron chi connectivity index (χ4n) is 2.90. The molecule has 0 unspecified atom stereocenters. The Morgan fingerprint density at radius 3 is 2.24 bits per heavy atom. The molecule has 2 aromatic carbocycles. The molecule has 0 aliphatic carbocycles. The second-order valence-corrected chi connectivity index (χ2v) is 9.57. The van der Waals surface area contributed by atoms with Crippen LogP contribution < -0.4 is 10.0 Å². The summed E-state index contributed by atoms with van der Waals surface area (Å²) in [4.78, 5) is 9.24. The van der Waals surface area contributed by atoms with Crippen molar-refractivity contribution >= 4 is 32.7 Å². The van der Waals surface area contributed by atoms with E-state index in [0.29, 0.717) is 29.0 Å². The van der Waals surface area contributed by atoms with Crippen LogP contribution in [-0.4, -0.2) is 24.9 Å². The van der Waals surface area contributed by atoms with Crippen LogP contribution in [0.3, 0.4) is 0 Å². The van der Waals surface area contributed by atoms with E-state index in [0.717, 1.165) is 5.56 Å². The lowest BCUT2D eigenvalue weighted by Crippen LogP contribution is -2.19. The van der Waals surface area contributed by atoms with E-state index in [-0.39, 0.29) is 16.1 Å². The Balaban J connectivity index is 2.08. The molecule has 0 saturated heterocycles. The lowest BCUT2D eigenvalue weighted by atomic mass is 9.87. The van der Waals surface area contributed by atoms with Gasteiger partial charge in [-0.05, 0) is 41.7 Å². The molecule has 3 aromatic rings. The van der Waals surface area contributed by atoms with Gasteiger partial charge in [0.15, 0.2) is 11.6 Å². The highest BCUT2D eigenvalue weighted by Gasteiger charge is 2.23. The van der Waals surface area contributed by atoms with Gasteiger partial charge in [0.2, 0.25) is 0 Å². The van der Waals surface area contributed by atoms with Crippen molar-refractivity contribution in [2.75, 3.05) is 16.6 Å². The largest absolute Gasteiger partial charge is 0.363 e. The molecule has 29 heavy (non-hydrogen) atoms. The Labute approximate surface area is 172 Å². The van der Waals surface area contributed by atoms with Crippen molar-refractivity contribution in [2.24, 2.45) is 0 Å². The minimum Gasteiger partial charge on any atom is -0.363 e. The van der Waals surface area contributed by atoms with E-state index in [1.807, 2.05) is 51.1 Å². The second-order valence-electron chi connectivity index (χ2n) is 7.91. The van der Waals surface area contributed by atoms with Crippen molar-refractivity contribution in [3.8, 4) is 0 Å². The van der Waals surface area contributed by atoms with Gasteiger partial charge in [-0.15, -0.1) is 6.58 Å². The van der Waals surface area contributed by atoms with Crippen LogP contribution >= 0.6 is 0 Å². The quantitative estimate of drug-likeness (QED) is 0.579. The lowest BCUT2D eigenvalue weighted by Gasteiger charge is -2.21. The zero-order chi connectivity index (χ0) is 21.2. The standard InChI is InChI=1S/C22H26N4O2S/c1-6-13-23-20-21(25-18-10-8-7-9-17(18)24-20)26-29(27,28)19-14-16(22(3,4)5)12-11-15(19)2/h6-12,14H,1,13H2,2-5H3,(H,23,24)(H,25,26). The predicted octanol–water partition coefficient (Wildman–Crippen LogP) is 4.63. The maximum absolute atomic E-state index is 13.2. The molecule has 152 valence electrons. The summed E-state index contributed by atoms with van der Waals surface area (Å²) >= 11 is 0.